The van der Waals surface area contributed by atoms with Crippen LogP contribution in [0.25, 0.3) is 0 Å². The van der Waals surface area contributed by atoms with E-state index in [0.29, 0.717) is 25.1 Å². The first-order valence-corrected chi connectivity index (χ1v) is 8.18. The lowest BCUT2D eigenvalue weighted by atomic mass is 9.99. The number of piperidine rings is 1. The van der Waals surface area contributed by atoms with Crippen LogP contribution >= 0.6 is 0 Å². The molecule has 2 rings (SSSR count). The number of carbonyl (C=O) groups is 3. The van der Waals surface area contributed by atoms with Crippen LogP contribution in [0.4, 0.5) is 0 Å². The minimum absolute atomic E-state index is 0.159. The molecule has 0 bridgehead atoms. The molecular weight excluding hydrogens is 308 g/mol. The molecule has 2 aliphatic heterocycles. The Bertz CT molecular complexity index is 619. The van der Waals surface area contributed by atoms with E-state index in [-0.39, 0.29) is 18.2 Å². The number of hydrogen-bond donors (Lipinski definition) is 1. The summed E-state index contributed by atoms with van der Waals surface area (Å²) >= 11 is 0. The van der Waals surface area contributed by atoms with E-state index in [0.717, 1.165) is 24.0 Å². The molecule has 0 aliphatic carbocycles. The van der Waals surface area contributed by atoms with Crippen molar-refractivity contribution in [3.8, 4) is 0 Å². The standard InChI is InChI=1S/C18H24N2O4/c1-4-12(7-6-10-24-3)14-11-20(18(23)13(14)5-2)15-8-9-16(21)19-17(15)22/h4-5,15H,1,6-11H2,2-3H3,(H,19,21,22)/b13-5+,14-12+. The van der Waals surface area contributed by atoms with Crippen molar-refractivity contribution in [3.05, 3.63) is 35.5 Å². The first kappa shape index (κ1) is 18.1. The number of likely N-dealkylation sites (tertiary alicyclic amines) is 1. The average molecular weight is 332 g/mol. The quantitative estimate of drug-likeness (QED) is 0.454. The summed E-state index contributed by atoms with van der Waals surface area (Å²) in [5.41, 5.74) is 2.54. The van der Waals surface area contributed by atoms with Crippen LogP contribution in [-0.2, 0) is 19.1 Å². The minimum Gasteiger partial charge on any atom is -0.385 e. The molecule has 130 valence electrons. The van der Waals surface area contributed by atoms with Crippen LogP contribution in [0.1, 0.15) is 32.6 Å². The van der Waals surface area contributed by atoms with Crippen molar-refractivity contribution in [2.45, 2.75) is 38.6 Å². The van der Waals surface area contributed by atoms with Crippen molar-refractivity contribution in [2.24, 2.45) is 0 Å². The van der Waals surface area contributed by atoms with Crippen molar-refractivity contribution < 1.29 is 19.1 Å². The third-order valence-corrected chi connectivity index (χ3v) is 4.45. The number of nitrogens with one attached hydrogen (secondary N) is 1. The van der Waals surface area contributed by atoms with E-state index in [1.807, 2.05) is 6.92 Å². The molecule has 0 aromatic carbocycles. The predicted molar refractivity (Wildman–Crippen MR) is 90.0 cm³/mol. The van der Waals surface area contributed by atoms with Gasteiger partial charge in [0.05, 0.1) is 0 Å². The zero-order valence-electron chi connectivity index (χ0n) is 14.3. The van der Waals surface area contributed by atoms with Crippen molar-refractivity contribution >= 4 is 17.7 Å². The number of ether oxygens (including phenoxy) is 1. The molecule has 2 aliphatic rings. The van der Waals surface area contributed by atoms with Gasteiger partial charge in [0.2, 0.25) is 11.8 Å². The molecule has 3 amide bonds. The number of amides is 3. The van der Waals surface area contributed by atoms with Gasteiger partial charge in [-0.25, -0.2) is 0 Å². The fourth-order valence-corrected chi connectivity index (χ4v) is 3.20. The second kappa shape index (κ2) is 8.06. The number of rotatable bonds is 6. The van der Waals surface area contributed by atoms with Crippen LogP contribution in [0.5, 0.6) is 0 Å². The maximum Gasteiger partial charge on any atom is 0.254 e. The number of carbonyl (C=O) groups excluding carboxylic acids is 3. The molecule has 0 saturated carbocycles. The fourth-order valence-electron chi connectivity index (χ4n) is 3.20. The molecule has 2 saturated heterocycles. The lowest BCUT2D eigenvalue weighted by molar-refractivity contribution is -0.142. The number of imide groups is 1. The molecule has 6 nitrogen and oxygen atoms in total. The highest BCUT2D eigenvalue weighted by atomic mass is 16.5. The van der Waals surface area contributed by atoms with Gasteiger partial charge in [-0.1, -0.05) is 18.7 Å². The van der Waals surface area contributed by atoms with Gasteiger partial charge in [0.25, 0.3) is 5.91 Å². The summed E-state index contributed by atoms with van der Waals surface area (Å²) in [5.74, 6) is -0.833. The van der Waals surface area contributed by atoms with Gasteiger partial charge in [0.1, 0.15) is 6.04 Å². The minimum atomic E-state index is -0.590. The Balaban J connectivity index is 2.26. The Labute approximate surface area is 142 Å². The summed E-state index contributed by atoms with van der Waals surface area (Å²) in [6.45, 7) is 6.69. The molecule has 2 heterocycles. The monoisotopic (exact) mass is 332 g/mol. The molecule has 1 unspecified atom stereocenters. The van der Waals surface area contributed by atoms with Crippen LogP contribution in [0.15, 0.2) is 35.5 Å². The summed E-state index contributed by atoms with van der Waals surface area (Å²) in [4.78, 5) is 37.7. The Morgan fingerprint density at radius 1 is 1.42 bits per heavy atom. The molecule has 1 atom stereocenters. The number of methoxy groups -OCH3 is 1. The first-order valence-electron chi connectivity index (χ1n) is 8.18. The topological polar surface area (TPSA) is 75.7 Å². The van der Waals surface area contributed by atoms with Crippen molar-refractivity contribution in [3.63, 3.8) is 0 Å². The number of hydrogen-bond acceptors (Lipinski definition) is 4. The molecule has 0 aromatic heterocycles. The largest absolute Gasteiger partial charge is 0.385 e. The van der Waals surface area contributed by atoms with E-state index in [2.05, 4.69) is 11.9 Å². The predicted octanol–water partition coefficient (Wildman–Crippen LogP) is 1.49. The molecule has 1 N–H and O–H groups in total. The second-order valence-electron chi connectivity index (χ2n) is 5.91. The van der Waals surface area contributed by atoms with Gasteiger partial charge in [0.15, 0.2) is 0 Å². The summed E-state index contributed by atoms with van der Waals surface area (Å²) in [6, 6.07) is -0.590. The van der Waals surface area contributed by atoms with Crippen LogP contribution in [0.2, 0.25) is 0 Å². The van der Waals surface area contributed by atoms with Gasteiger partial charge >= 0.3 is 0 Å². The van der Waals surface area contributed by atoms with E-state index in [1.165, 1.54) is 0 Å². The first-order chi connectivity index (χ1) is 11.5. The Hall–Kier alpha value is -2.21. The van der Waals surface area contributed by atoms with Crippen molar-refractivity contribution in [1.29, 1.82) is 0 Å². The molecule has 24 heavy (non-hydrogen) atoms. The van der Waals surface area contributed by atoms with Crippen LogP contribution in [-0.4, -0.2) is 48.9 Å². The van der Waals surface area contributed by atoms with Crippen molar-refractivity contribution in [2.75, 3.05) is 20.3 Å². The molecule has 6 heteroatoms. The third-order valence-electron chi connectivity index (χ3n) is 4.45. The van der Waals surface area contributed by atoms with Gasteiger partial charge in [-0.3, -0.25) is 19.7 Å². The summed E-state index contributed by atoms with van der Waals surface area (Å²) in [5, 5.41) is 2.32. The summed E-state index contributed by atoms with van der Waals surface area (Å²) in [6.07, 6.45) is 5.78. The summed E-state index contributed by atoms with van der Waals surface area (Å²) < 4.78 is 5.08. The zero-order valence-corrected chi connectivity index (χ0v) is 14.3. The van der Waals surface area contributed by atoms with Gasteiger partial charge in [-0.2, -0.15) is 0 Å². The number of nitrogens with zero attached hydrogens (tertiary/aromatic N) is 1. The fraction of sp³-hybridized carbons (Fsp3) is 0.500. The summed E-state index contributed by atoms with van der Waals surface area (Å²) in [7, 11) is 1.65. The van der Waals surface area contributed by atoms with Gasteiger partial charge in [0, 0.05) is 32.3 Å². The van der Waals surface area contributed by atoms with E-state index in [1.54, 1.807) is 24.2 Å². The van der Waals surface area contributed by atoms with E-state index < -0.39 is 11.9 Å². The molecule has 2 fully saturated rings. The highest BCUT2D eigenvalue weighted by Gasteiger charge is 2.40. The molecule has 0 radical (unpaired) electrons. The Morgan fingerprint density at radius 3 is 2.75 bits per heavy atom. The van der Waals surface area contributed by atoms with E-state index >= 15 is 0 Å². The maximum absolute atomic E-state index is 12.7. The van der Waals surface area contributed by atoms with Crippen molar-refractivity contribution in [1.82, 2.24) is 10.2 Å². The molecule has 0 spiro atoms. The Kier molecular flexibility index (Phi) is 6.09. The van der Waals surface area contributed by atoms with E-state index in [4.69, 9.17) is 4.74 Å². The normalized spacial score (nSPS) is 25.2. The highest BCUT2D eigenvalue weighted by molar-refractivity contribution is 6.07. The zero-order chi connectivity index (χ0) is 17.7. The van der Waals surface area contributed by atoms with Gasteiger partial charge in [-0.15, -0.1) is 0 Å². The SMILES string of the molecule is C=C/C(CCCOC)=C1/CN(C2CCC(=O)NC2=O)C(=O)/C1=C/C. The smallest absolute Gasteiger partial charge is 0.254 e. The second-order valence-corrected chi connectivity index (χ2v) is 5.91. The lowest BCUT2D eigenvalue weighted by Crippen LogP contribution is -2.52. The van der Waals surface area contributed by atoms with Gasteiger partial charge in [-0.05, 0) is 37.3 Å². The lowest BCUT2D eigenvalue weighted by Gasteiger charge is -2.29. The molecular formula is C18H24N2O4. The molecule has 0 aromatic rings. The van der Waals surface area contributed by atoms with Crippen LogP contribution in [0, 0.1) is 0 Å². The third kappa shape index (κ3) is 3.64. The average Bonchev–Trinajstić information content (AvgIpc) is 2.88. The van der Waals surface area contributed by atoms with Crippen LogP contribution < -0.4 is 5.32 Å². The van der Waals surface area contributed by atoms with E-state index in [9.17, 15) is 14.4 Å². The van der Waals surface area contributed by atoms with Crippen LogP contribution in [0.3, 0.4) is 0 Å². The Morgan fingerprint density at radius 2 is 2.17 bits per heavy atom. The van der Waals surface area contributed by atoms with Gasteiger partial charge < -0.3 is 9.64 Å². The number of allylic oxidation sites excluding steroid dienone is 3. The maximum atomic E-state index is 12.7. The highest BCUT2D eigenvalue weighted by Crippen LogP contribution is 2.31.